The van der Waals surface area contributed by atoms with Crippen molar-refractivity contribution in [1.29, 1.82) is 0 Å². The van der Waals surface area contributed by atoms with Gasteiger partial charge in [-0.1, -0.05) is 11.6 Å². The molecule has 0 heterocycles. The molecule has 1 aromatic carbocycles. The molecule has 1 rings (SSSR count). The number of nitrogens with one attached hydrogen (secondary N) is 2. The van der Waals surface area contributed by atoms with Crippen LogP contribution in [-0.2, 0) is 14.9 Å². The molecule has 0 bridgehead atoms. The van der Waals surface area contributed by atoms with Crippen molar-refractivity contribution < 1.29 is 18.0 Å². The molecule has 0 saturated carbocycles. The van der Waals surface area contributed by atoms with E-state index in [0.29, 0.717) is 0 Å². The van der Waals surface area contributed by atoms with Crippen LogP contribution in [0.25, 0.3) is 0 Å². The molecular formula is C11H15ClN2O4S. The Morgan fingerprint density at radius 1 is 1.37 bits per heavy atom. The summed E-state index contributed by atoms with van der Waals surface area (Å²) in [4.78, 5) is 16.1. The zero-order valence-electron chi connectivity index (χ0n) is 10.7. The first kappa shape index (κ1) is 15.9. The largest absolute Gasteiger partial charge is 0.277 e. The first-order valence-corrected chi connectivity index (χ1v) is 7.29. The molecule has 106 valence electrons. The SMILES string of the molecule is CONC(=O)c1cc(S(=O)(=O)NC(C)C)ccc1Cl. The van der Waals surface area contributed by atoms with Crippen molar-refractivity contribution in [1.82, 2.24) is 10.2 Å². The first-order valence-electron chi connectivity index (χ1n) is 5.43. The summed E-state index contributed by atoms with van der Waals surface area (Å²) in [5, 5.41) is 0.137. The summed E-state index contributed by atoms with van der Waals surface area (Å²) >= 11 is 5.85. The standard InChI is InChI=1S/C11H15ClN2O4S/c1-7(2)14-19(16,17)8-4-5-10(12)9(6-8)11(15)13-18-3/h4-7,14H,1-3H3,(H,13,15). The molecule has 0 aliphatic carbocycles. The van der Waals surface area contributed by atoms with E-state index in [2.05, 4.69) is 15.0 Å². The third-order valence-electron chi connectivity index (χ3n) is 2.08. The fraction of sp³-hybridized carbons (Fsp3) is 0.364. The molecule has 0 fully saturated rings. The second-order valence-electron chi connectivity index (χ2n) is 4.05. The summed E-state index contributed by atoms with van der Waals surface area (Å²) in [6.45, 7) is 3.40. The molecule has 0 aliphatic rings. The average molecular weight is 307 g/mol. The predicted molar refractivity (Wildman–Crippen MR) is 71.4 cm³/mol. The minimum atomic E-state index is -3.68. The van der Waals surface area contributed by atoms with E-state index in [4.69, 9.17) is 11.6 Å². The van der Waals surface area contributed by atoms with Crippen LogP contribution in [-0.4, -0.2) is 27.5 Å². The van der Waals surface area contributed by atoms with E-state index in [-0.39, 0.29) is 21.5 Å². The second kappa shape index (κ2) is 6.33. The van der Waals surface area contributed by atoms with E-state index >= 15 is 0 Å². The van der Waals surface area contributed by atoms with Crippen molar-refractivity contribution in [2.45, 2.75) is 24.8 Å². The third-order valence-corrected chi connectivity index (χ3v) is 4.06. The summed E-state index contributed by atoms with van der Waals surface area (Å²) in [6, 6.07) is 3.62. The number of amides is 1. The lowest BCUT2D eigenvalue weighted by Crippen LogP contribution is -2.30. The van der Waals surface area contributed by atoms with Crippen LogP contribution in [0.3, 0.4) is 0 Å². The van der Waals surface area contributed by atoms with Gasteiger partial charge in [-0.2, -0.15) is 0 Å². The van der Waals surface area contributed by atoms with Crippen LogP contribution in [0.1, 0.15) is 24.2 Å². The van der Waals surface area contributed by atoms with Crippen molar-refractivity contribution in [2.24, 2.45) is 0 Å². The van der Waals surface area contributed by atoms with Crippen molar-refractivity contribution in [3.8, 4) is 0 Å². The fourth-order valence-electron chi connectivity index (χ4n) is 1.37. The Kier molecular flexibility index (Phi) is 5.30. The van der Waals surface area contributed by atoms with Crippen molar-refractivity contribution in [2.75, 3.05) is 7.11 Å². The van der Waals surface area contributed by atoms with Gasteiger partial charge in [-0.05, 0) is 32.0 Å². The molecule has 0 unspecified atom stereocenters. The van der Waals surface area contributed by atoms with Crippen LogP contribution in [0.15, 0.2) is 23.1 Å². The van der Waals surface area contributed by atoms with Gasteiger partial charge in [-0.3, -0.25) is 9.63 Å². The van der Waals surface area contributed by atoms with Crippen molar-refractivity contribution >= 4 is 27.5 Å². The van der Waals surface area contributed by atoms with E-state index < -0.39 is 15.9 Å². The van der Waals surface area contributed by atoms with E-state index in [1.54, 1.807) is 13.8 Å². The summed E-state index contributed by atoms with van der Waals surface area (Å²) in [5.74, 6) is -0.617. The lowest BCUT2D eigenvalue weighted by Gasteiger charge is -2.11. The number of hydrogen-bond donors (Lipinski definition) is 2. The molecule has 0 atom stereocenters. The molecule has 0 aliphatic heterocycles. The quantitative estimate of drug-likeness (QED) is 0.804. The first-order chi connectivity index (χ1) is 8.77. The van der Waals surface area contributed by atoms with E-state index in [0.717, 1.165) is 0 Å². The van der Waals surface area contributed by atoms with Crippen LogP contribution in [0.2, 0.25) is 5.02 Å². The fourth-order valence-corrected chi connectivity index (χ4v) is 2.85. The number of hydrogen-bond acceptors (Lipinski definition) is 4. The van der Waals surface area contributed by atoms with E-state index in [9.17, 15) is 13.2 Å². The Labute approximate surface area is 117 Å². The summed E-state index contributed by atoms with van der Waals surface area (Å²) in [6.07, 6.45) is 0. The van der Waals surface area contributed by atoms with Gasteiger partial charge in [0.15, 0.2) is 0 Å². The van der Waals surface area contributed by atoms with Crippen molar-refractivity contribution in [3.05, 3.63) is 28.8 Å². The topological polar surface area (TPSA) is 84.5 Å². The Bertz CT molecular complexity index is 572. The number of sulfonamides is 1. The highest BCUT2D eigenvalue weighted by Crippen LogP contribution is 2.20. The average Bonchev–Trinajstić information content (AvgIpc) is 2.27. The smallest absolute Gasteiger partial charge is 0.276 e. The Balaban J connectivity index is 3.19. The van der Waals surface area contributed by atoms with Gasteiger partial charge in [-0.15, -0.1) is 0 Å². The minimum Gasteiger partial charge on any atom is -0.277 e. The Hall–Kier alpha value is -1.15. The molecule has 1 aromatic rings. The van der Waals surface area contributed by atoms with Crippen LogP contribution < -0.4 is 10.2 Å². The van der Waals surface area contributed by atoms with Gasteiger partial charge in [-0.25, -0.2) is 18.6 Å². The molecule has 0 radical (unpaired) electrons. The molecule has 19 heavy (non-hydrogen) atoms. The lowest BCUT2D eigenvalue weighted by atomic mass is 10.2. The number of hydroxylamine groups is 1. The minimum absolute atomic E-state index is 0.0233. The maximum Gasteiger partial charge on any atom is 0.276 e. The molecule has 0 spiro atoms. The van der Waals surface area contributed by atoms with E-state index in [1.165, 1.54) is 25.3 Å². The monoisotopic (exact) mass is 306 g/mol. The molecule has 2 N–H and O–H groups in total. The summed E-state index contributed by atoms with van der Waals surface area (Å²) < 4.78 is 26.4. The van der Waals surface area contributed by atoms with E-state index in [1.807, 2.05) is 0 Å². The van der Waals surface area contributed by atoms with Gasteiger partial charge < -0.3 is 0 Å². The molecule has 1 amide bonds. The summed E-state index contributed by atoms with van der Waals surface area (Å²) in [7, 11) is -2.41. The highest BCUT2D eigenvalue weighted by Gasteiger charge is 2.19. The van der Waals surface area contributed by atoms with Crippen molar-refractivity contribution in [3.63, 3.8) is 0 Å². The number of carbonyl (C=O) groups excluding carboxylic acids is 1. The molecule has 8 heteroatoms. The van der Waals surface area contributed by atoms with Crippen LogP contribution in [0.4, 0.5) is 0 Å². The van der Waals surface area contributed by atoms with Gasteiger partial charge in [0.25, 0.3) is 5.91 Å². The Morgan fingerprint density at radius 3 is 2.53 bits per heavy atom. The molecule has 0 aromatic heterocycles. The number of halogens is 1. The summed E-state index contributed by atoms with van der Waals surface area (Å²) in [5.41, 5.74) is 2.11. The molecule has 0 saturated heterocycles. The maximum absolute atomic E-state index is 12.0. The number of rotatable bonds is 5. The van der Waals surface area contributed by atoms with Gasteiger partial charge in [0.1, 0.15) is 0 Å². The predicted octanol–water partition coefficient (Wildman–Crippen LogP) is 1.32. The number of carbonyl (C=O) groups is 1. The number of benzene rings is 1. The van der Waals surface area contributed by atoms with Gasteiger partial charge >= 0.3 is 0 Å². The van der Waals surface area contributed by atoms with Crippen LogP contribution >= 0.6 is 11.6 Å². The zero-order chi connectivity index (χ0) is 14.6. The van der Waals surface area contributed by atoms with Gasteiger partial charge in [0, 0.05) is 6.04 Å². The maximum atomic E-state index is 12.0. The van der Waals surface area contributed by atoms with Gasteiger partial charge in [0.05, 0.1) is 22.6 Å². The lowest BCUT2D eigenvalue weighted by molar-refractivity contribution is 0.0537. The molecular weight excluding hydrogens is 292 g/mol. The normalized spacial score (nSPS) is 11.6. The highest BCUT2D eigenvalue weighted by atomic mass is 35.5. The van der Waals surface area contributed by atoms with Crippen LogP contribution in [0, 0.1) is 0 Å². The molecule has 6 nitrogen and oxygen atoms in total. The third kappa shape index (κ3) is 4.17. The zero-order valence-corrected chi connectivity index (χ0v) is 12.3. The van der Waals surface area contributed by atoms with Gasteiger partial charge in [0.2, 0.25) is 10.0 Å². The van der Waals surface area contributed by atoms with Crippen LogP contribution in [0.5, 0.6) is 0 Å². The highest BCUT2D eigenvalue weighted by molar-refractivity contribution is 7.89. The second-order valence-corrected chi connectivity index (χ2v) is 6.17. The Morgan fingerprint density at radius 2 is 2.00 bits per heavy atom.